The Labute approximate surface area is 117 Å². The van der Waals surface area contributed by atoms with E-state index in [2.05, 4.69) is 10.4 Å². The molecule has 0 aliphatic carbocycles. The molecule has 2 rings (SSSR count). The molecule has 1 aromatic carbocycles. The topological polar surface area (TPSA) is 46.9 Å². The molecular formula is C15H18FN3O. The third kappa shape index (κ3) is 3.04. The summed E-state index contributed by atoms with van der Waals surface area (Å²) < 4.78 is 14.5. The Morgan fingerprint density at radius 1 is 1.35 bits per heavy atom. The predicted molar refractivity (Wildman–Crippen MR) is 75.4 cm³/mol. The first kappa shape index (κ1) is 14.2. The zero-order chi connectivity index (χ0) is 14.7. The van der Waals surface area contributed by atoms with Crippen molar-refractivity contribution in [2.45, 2.75) is 20.8 Å². The zero-order valence-corrected chi connectivity index (χ0v) is 11.9. The van der Waals surface area contributed by atoms with Crippen molar-refractivity contribution >= 4 is 5.91 Å². The van der Waals surface area contributed by atoms with Crippen LogP contribution in [-0.2, 0) is 0 Å². The molecule has 0 saturated heterocycles. The summed E-state index contributed by atoms with van der Waals surface area (Å²) in [6.07, 6.45) is 1.54. The van der Waals surface area contributed by atoms with Crippen LogP contribution in [0.25, 0.3) is 5.69 Å². The van der Waals surface area contributed by atoms with Crippen molar-refractivity contribution in [2.24, 2.45) is 5.92 Å². The van der Waals surface area contributed by atoms with Gasteiger partial charge in [-0.15, -0.1) is 0 Å². The van der Waals surface area contributed by atoms with Crippen LogP contribution in [0.1, 0.15) is 29.9 Å². The molecular weight excluding hydrogens is 257 g/mol. The molecule has 0 radical (unpaired) electrons. The number of amides is 1. The van der Waals surface area contributed by atoms with Crippen molar-refractivity contribution in [1.82, 2.24) is 15.1 Å². The number of aromatic nitrogens is 2. The number of hydrogen-bond acceptors (Lipinski definition) is 2. The smallest absolute Gasteiger partial charge is 0.254 e. The second-order valence-electron chi connectivity index (χ2n) is 5.14. The zero-order valence-electron chi connectivity index (χ0n) is 11.9. The van der Waals surface area contributed by atoms with E-state index in [9.17, 15) is 9.18 Å². The highest BCUT2D eigenvalue weighted by Crippen LogP contribution is 2.14. The van der Waals surface area contributed by atoms with Crippen LogP contribution < -0.4 is 5.32 Å². The lowest BCUT2D eigenvalue weighted by Crippen LogP contribution is -2.27. The van der Waals surface area contributed by atoms with Crippen molar-refractivity contribution in [3.63, 3.8) is 0 Å². The molecule has 106 valence electrons. The van der Waals surface area contributed by atoms with Gasteiger partial charge in [-0.25, -0.2) is 9.07 Å². The summed E-state index contributed by atoms with van der Waals surface area (Å²) in [5, 5.41) is 7.06. The Morgan fingerprint density at radius 3 is 2.60 bits per heavy atom. The van der Waals surface area contributed by atoms with E-state index in [0.717, 1.165) is 11.4 Å². The maximum absolute atomic E-state index is 12.9. The van der Waals surface area contributed by atoms with Gasteiger partial charge in [0, 0.05) is 6.54 Å². The normalized spacial score (nSPS) is 10.8. The van der Waals surface area contributed by atoms with Gasteiger partial charge < -0.3 is 5.32 Å². The van der Waals surface area contributed by atoms with Crippen molar-refractivity contribution in [3.8, 4) is 5.69 Å². The number of rotatable bonds is 4. The van der Waals surface area contributed by atoms with Crippen molar-refractivity contribution < 1.29 is 9.18 Å². The van der Waals surface area contributed by atoms with Gasteiger partial charge in [0.2, 0.25) is 0 Å². The van der Waals surface area contributed by atoms with Crippen LogP contribution in [0.4, 0.5) is 4.39 Å². The first-order chi connectivity index (χ1) is 9.49. The lowest BCUT2D eigenvalue weighted by molar-refractivity contribution is 0.0948. The average Bonchev–Trinajstić information content (AvgIpc) is 2.79. The molecule has 0 aliphatic rings. The van der Waals surface area contributed by atoms with E-state index < -0.39 is 0 Å². The van der Waals surface area contributed by atoms with Gasteiger partial charge >= 0.3 is 0 Å². The molecule has 1 N–H and O–H groups in total. The molecule has 0 aliphatic heterocycles. The fraction of sp³-hybridized carbons (Fsp3) is 0.333. The van der Waals surface area contributed by atoms with Crippen molar-refractivity contribution in [2.75, 3.05) is 6.54 Å². The molecule has 0 saturated carbocycles. The minimum Gasteiger partial charge on any atom is -0.352 e. The van der Waals surface area contributed by atoms with Crippen LogP contribution in [0.2, 0.25) is 0 Å². The Hall–Kier alpha value is -2.17. The average molecular weight is 275 g/mol. The minimum absolute atomic E-state index is 0.135. The maximum Gasteiger partial charge on any atom is 0.254 e. The molecule has 1 aromatic heterocycles. The standard InChI is InChI=1S/C15H18FN3O/c1-10(2)8-17-15(20)14-9-18-19(11(14)3)13-6-4-12(16)5-7-13/h4-7,9-10H,8H2,1-3H3,(H,17,20). The highest BCUT2D eigenvalue weighted by atomic mass is 19.1. The number of benzene rings is 1. The summed E-state index contributed by atoms with van der Waals surface area (Å²) in [4.78, 5) is 12.0. The van der Waals surface area contributed by atoms with Gasteiger partial charge in [0.05, 0.1) is 23.1 Å². The van der Waals surface area contributed by atoms with Crippen LogP contribution in [0.5, 0.6) is 0 Å². The van der Waals surface area contributed by atoms with Gasteiger partial charge in [-0.1, -0.05) is 13.8 Å². The highest BCUT2D eigenvalue weighted by Gasteiger charge is 2.15. The summed E-state index contributed by atoms with van der Waals surface area (Å²) >= 11 is 0. The summed E-state index contributed by atoms with van der Waals surface area (Å²) in [6.45, 7) is 6.52. The summed E-state index contributed by atoms with van der Waals surface area (Å²) in [5.74, 6) is -0.0376. The van der Waals surface area contributed by atoms with Gasteiger partial charge in [-0.2, -0.15) is 5.10 Å². The number of carbonyl (C=O) groups is 1. The van der Waals surface area contributed by atoms with Crippen LogP contribution in [0.3, 0.4) is 0 Å². The lowest BCUT2D eigenvalue weighted by Gasteiger charge is -2.08. The molecule has 4 nitrogen and oxygen atoms in total. The molecule has 0 fully saturated rings. The second-order valence-corrected chi connectivity index (χ2v) is 5.14. The third-order valence-corrected chi connectivity index (χ3v) is 3.00. The lowest BCUT2D eigenvalue weighted by atomic mass is 10.2. The summed E-state index contributed by atoms with van der Waals surface area (Å²) in [6, 6.07) is 6.00. The van der Waals surface area contributed by atoms with E-state index >= 15 is 0 Å². The molecule has 2 aromatic rings. The van der Waals surface area contributed by atoms with E-state index in [-0.39, 0.29) is 11.7 Å². The van der Waals surface area contributed by atoms with Crippen molar-refractivity contribution in [1.29, 1.82) is 0 Å². The van der Waals surface area contributed by atoms with Crippen molar-refractivity contribution in [3.05, 3.63) is 47.5 Å². The van der Waals surface area contributed by atoms with Gasteiger partial charge in [0.25, 0.3) is 5.91 Å². The maximum atomic E-state index is 12.9. The van der Waals surface area contributed by atoms with Gasteiger partial charge in [-0.05, 0) is 37.1 Å². The van der Waals surface area contributed by atoms with E-state index in [1.807, 2.05) is 20.8 Å². The van der Waals surface area contributed by atoms with E-state index in [1.165, 1.54) is 18.3 Å². The number of nitrogens with one attached hydrogen (secondary N) is 1. The largest absolute Gasteiger partial charge is 0.352 e. The quantitative estimate of drug-likeness (QED) is 0.932. The fourth-order valence-corrected chi connectivity index (χ4v) is 1.87. The third-order valence-electron chi connectivity index (χ3n) is 3.00. The summed E-state index contributed by atoms with van der Waals surface area (Å²) in [7, 11) is 0. The van der Waals surface area contributed by atoms with E-state index in [4.69, 9.17) is 0 Å². The van der Waals surface area contributed by atoms with Gasteiger partial charge in [-0.3, -0.25) is 4.79 Å². The predicted octanol–water partition coefficient (Wildman–Crippen LogP) is 2.71. The van der Waals surface area contributed by atoms with E-state index in [1.54, 1.807) is 16.8 Å². The Bertz CT molecular complexity index is 602. The van der Waals surface area contributed by atoms with Gasteiger partial charge in [0.15, 0.2) is 0 Å². The first-order valence-electron chi connectivity index (χ1n) is 6.58. The van der Waals surface area contributed by atoms with E-state index in [0.29, 0.717) is 18.0 Å². The molecule has 0 unspecified atom stereocenters. The molecule has 5 heteroatoms. The molecule has 1 amide bonds. The van der Waals surface area contributed by atoms with Gasteiger partial charge in [0.1, 0.15) is 5.82 Å². The highest BCUT2D eigenvalue weighted by molar-refractivity contribution is 5.95. The monoisotopic (exact) mass is 275 g/mol. The van der Waals surface area contributed by atoms with Crippen LogP contribution >= 0.6 is 0 Å². The SMILES string of the molecule is Cc1c(C(=O)NCC(C)C)cnn1-c1ccc(F)cc1. The number of carbonyl (C=O) groups excluding carboxylic acids is 1. The molecule has 20 heavy (non-hydrogen) atoms. The molecule has 0 spiro atoms. The Morgan fingerprint density at radius 2 is 2.00 bits per heavy atom. The fourth-order valence-electron chi connectivity index (χ4n) is 1.87. The number of nitrogens with zero attached hydrogens (tertiary/aromatic N) is 2. The minimum atomic E-state index is -0.298. The molecule has 0 bridgehead atoms. The van der Waals surface area contributed by atoms with Crippen LogP contribution in [0, 0.1) is 18.7 Å². The molecule has 0 atom stereocenters. The first-order valence-corrected chi connectivity index (χ1v) is 6.58. The Kier molecular flexibility index (Phi) is 4.17. The Balaban J connectivity index is 2.22. The van der Waals surface area contributed by atoms with Crippen LogP contribution in [-0.4, -0.2) is 22.2 Å². The summed E-state index contributed by atoms with van der Waals surface area (Å²) in [5.41, 5.74) is 2.00. The molecule has 1 heterocycles. The van der Waals surface area contributed by atoms with Crippen LogP contribution in [0.15, 0.2) is 30.5 Å². The number of halogens is 1. The second kappa shape index (κ2) is 5.86. The number of hydrogen-bond donors (Lipinski definition) is 1.